The first-order chi connectivity index (χ1) is 8.04. The summed E-state index contributed by atoms with van der Waals surface area (Å²) in [6.07, 6.45) is 2.88. The van der Waals surface area contributed by atoms with Crippen molar-refractivity contribution < 1.29 is 9.47 Å². The number of nitrogens with two attached hydrogens (primary N) is 1. The molecule has 1 aromatic carbocycles. The number of rotatable bonds is 3. The van der Waals surface area contributed by atoms with Gasteiger partial charge >= 0.3 is 0 Å². The molecule has 0 radical (unpaired) electrons. The molecule has 0 atom stereocenters. The summed E-state index contributed by atoms with van der Waals surface area (Å²) in [5, 5.41) is 0. The summed E-state index contributed by atoms with van der Waals surface area (Å²) in [6, 6.07) is 6.17. The van der Waals surface area contributed by atoms with E-state index in [9.17, 15) is 0 Å². The van der Waals surface area contributed by atoms with Crippen molar-refractivity contribution in [3.8, 4) is 11.5 Å². The van der Waals surface area contributed by atoms with Crippen LogP contribution in [0, 0.1) is 0 Å². The molecule has 2 N–H and O–H groups in total. The second-order valence-electron chi connectivity index (χ2n) is 5.32. The molecule has 3 heteroatoms. The number of benzene rings is 1. The van der Waals surface area contributed by atoms with Gasteiger partial charge < -0.3 is 15.2 Å². The molecule has 1 aliphatic rings. The molecule has 1 aliphatic heterocycles. The molecule has 1 aromatic rings. The Morgan fingerprint density at radius 2 is 1.88 bits per heavy atom. The average Bonchev–Trinajstić information content (AvgIpc) is 2.49. The minimum atomic E-state index is -0.121. The van der Waals surface area contributed by atoms with E-state index in [1.165, 1.54) is 5.56 Å². The number of aryl methyl sites for hydroxylation is 1. The zero-order valence-electron chi connectivity index (χ0n) is 10.7. The van der Waals surface area contributed by atoms with Crippen molar-refractivity contribution in [2.75, 3.05) is 13.2 Å². The standard InChI is InChI=1S/C14H21NO2/c1-14(2,15)7-6-11-4-5-12-13(10-11)17-9-3-8-16-12/h4-5,10H,3,6-9,15H2,1-2H3. The Hall–Kier alpha value is -1.22. The van der Waals surface area contributed by atoms with Crippen LogP contribution in [-0.4, -0.2) is 18.8 Å². The minimum Gasteiger partial charge on any atom is -0.490 e. The molecule has 1 heterocycles. The Balaban J connectivity index is 2.07. The van der Waals surface area contributed by atoms with E-state index in [-0.39, 0.29) is 5.54 Å². The first-order valence-electron chi connectivity index (χ1n) is 6.22. The Morgan fingerprint density at radius 1 is 1.18 bits per heavy atom. The van der Waals surface area contributed by atoms with Gasteiger partial charge in [0.25, 0.3) is 0 Å². The highest BCUT2D eigenvalue weighted by atomic mass is 16.5. The molecule has 17 heavy (non-hydrogen) atoms. The van der Waals surface area contributed by atoms with Crippen LogP contribution in [0.4, 0.5) is 0 Å². The number of ether oxygens (including phenoxy) is 2. The molecule has 0 spiro atoms. The predicted octanol–water partition coefficient (Wildman–Crippen LogP) is 2.52. The lowest BCUT2D eigenvalue weighted by molar-refractivity contribution is 0.297. The zero-order valence-corrected chi connectivity index (χ0v) is 10.7. The molecule has 0 saturated carbocycles. The lowest BCUT2D eigenvalue weighted by atomic mass is 9.96. The Bertz CT molecular complexity index is 382. The van der Waals surface area contributed by atoms with Crippen LogP contribution in [0.3, 0.4) is 0 Å². The monoisotopic (exact) mass is 235 g/mol. The van der Waals surface area contributed by atoms with Gasteiger partial charge in [0.2, 0.25) is 0 Å². The van der Waals surface area contributed by atoms with Gasteiger partial charge in [-0.25, -0.2) is 0 Å². The van der Waals surface area contributed by atoms with Gasteiger partial charge in [-0.15, -0.1) is 0 Å². The molecule has 2 rings (SSSR count). The Kier molecular flexibility index (Phi) is 3.57. The average molecular weight is 235 g/mol. The predicted molar refractivity (Wildman–Crippen MR) is 68.6 cm³/mol. The van der Waals surface area contributed by atoms with Crippen molar-refractivity contribution in [1.29, 1.82) is 0 Å². The van der Waals surface area contributed by atoms with Crippen molar-refractivity contribution in [3.63, 3.8) is 0 Å². The summed E-state index contributed by atoms with van der Waals surface area (Å²) in [6.45, 7) is 5.58. The van der Waals surface area contributed by atoms with E-state index in [4.69, 9.17) is 15.2 Å². The van der Waals surface area contributed by atoms with Gasteiger partial charge in [-0.2, -0.15) is 0 Å². The Labute approximate surface area is 103 Å². The second-order valence-corrected chi connectivity index (χ2v) is 5.32. The van der Waals surface area contributed by atoms with Crippen molar-refractivity contribution in [3.05, 3.63) is 23.8 Å². The second kappa shape index (κ2) is 4.96. The van der Waals surface area contributed by atoms with Crippen molar-refractivity contribution in [2.45, 2.75) is 38.6 Å². The maximum atomic E-state index is 5.99. The van der Waals surface area contributed by atoms with Crippen LogP contribution >= 0.6 is 0 Å². The molecule has 0 amide bonds. The van der Waals surface area contributed by atoms with Gasteiger partial charge in [0.15, 0.2) is 11.5 Å². The topological polar surface area (TPSA) is 44.5 Å². The van der Waals surface area contributed by atoms with E-state index in [0.29, 0.717) is 0 Å². The summed E-state index contributed by atoms with van der Waals surface area (Å²) in [4.78, 5) is 0. The third-order valence-electron chi connectivity index (χ3n) is 2.87. The van der Waals surface area contributed by atoms with E-state index >= 15 is 0 Å². The molecule has 0 aliphatic carbocycles. The number of hydrogen-bond acceptors (Lipinski definition) is 3. The van der Waals surface area contributed by atoms with E-state index in [0.717, 1.165) is 44.0 Å². The third kappa shape index (κ3) is 3.63. The zero-order chi connectivity index (χ0) is 12.3. The van der Waals surface area contributed by atoms with Crippen LogP contribution < -0.4 is 15.2 Å². The van der Waals surface area contributed by atoms with Crippen molar-refractivity contribution in [1.82, 2.24) is 0 Å². The highest BCUT2D eigenvalue weighted by molar-refractivity contribution is 5.43. The van der Waals surface area contributed by atoms with Gasteiger partial charge in [0.1, 0.15) is 0 Å². The van der Waals surface area contributed by atoms with Gasteiger partial charge in [-0.3, -0.25) is 0 Å². The fourth-order valence-electron chi connectivity index (χ4n) is 1.83. The lowest BCUT2D eigenvalue weighted by Crippen LogP contribution is -2.32. The fraction of sp³-hybridized carbons (Fsp3) is 0.571. The van der Waals surface area contributed by atoms with Crippen LogP contribution in [0.15, 0.2) is 18.2 Å². The smallest absolute Gasteiger partial charge is 0.161 e. The lowest BCUT2D eigenvalue weighted by Gasteiger charge is -2.18. The van der Waals surface area contributed by atoms with E-state index in [1.54, 1.807) is 0 Å². The summed E-state index contributed by atoms with van der Waals surface area (Å²) in [5.41, 5.74) is 7.13. The van der Waals surface area contributed by atoms with Gasteiger partial charge in [-0.05, 0) is 44.4 Å². The molecule has 94 valence electrons. The molecule has 3 nitrogen and oxygen atoms in total. The first kappa shape index (κ1) is 12.2. The quantitative estimate of drug-likeness (QED) is 0.875. The van der Waals surface area contributed by atoms with Crippen LogP contribution in [0.2, 0.25) is 0 Å². The molecule has 0 fully saturated rings. The summed E-state index contributed by atoms with van der Waals surface area (Å²) < 4.78 is 11.3. The Morgan fingerprint density at radius 3 is 2.59 bits per heavy atom. The van der Waals surface area contributed by atoms with E-state index < -0.39 is 0 Å². The van der Waals surface area contributed by atoms with Crippen LogP contribution in [0.25, 0.3) is 0 Å². The summed E-state index contributed by atoms with van der Waals surface area (Å²) in [5.74, 6) is 1.73. The van der Waals surface area contributed by atoms with E-state index in [2.05, 4.69) is 26.0 Å². The normalized spacial score (nSPS) is 15.5. The van der Waals surface area contributed by atoms with Crippen molar-refractivity contribution >= 4 is 0 Å². The highest BCUT2D eigenvalue weighted by Crippen LogP contribution is 2.31. The minimum absolute atomic E-state index is 0.121. The fourth-order valence-corrected chi connectivity index (χ4v) is 1.83. The summed E-state index contributed by atoms with van der Waals surface area (Å²) in [7, 11) is 0. The van der Waals surface area contributed by atoms with Gasteiger partial charge in [0, 0.05) is 12.0 Å². The van der Waals surface area contributed by atoms with Crippen LogP contribution in [0.1, 0.15) is 32.3 Å². The highest BCUT2D eigenvalue weighted by Gasteiger charge is 2.13. The van der Waals surface area contributed by atoms with Crippen LogP contribution in [-0.2, 0) is 6.42 Å². The number of hydrogen-bond donors (Lipinski definition) is 1. The van der Waals surface area contributed by atoms with Crippen LogP contribution in [0.5, 0.6) is 11.5 Å². The molecule has 0 aromatic heterocycles. The largest absolute Gasteiger partial charge is 0.490 e. The molecule has 0 unspecified atom stereocenters. The summed E-state index contributed by atoms with van der Waals surface area (Å²) >= 11 is 0. The SMILES string of the molecule is CC(C)(N)CCc1ccc2c(c1)OCCCO2. The maximum absolute atomic E-state index is 5.99. The molecule has 0 bridgehead atoms. The number of fused-ring (bicyclic) bond motifs is 1. The van der Waals surface area contributed by atoms with Gasteiger partial charge in [0.05, 0.1) is 13.2 Å². The maximum Gasteiger partial charge on any atom is 0.161 e. The van der Waals surface area contributed by atoms with E-state index in [1.807, 2.05) is 6.07 Å². The molecule has 0 saturated heterocycles. The van der Waals surface area contributed by atoms with Gasteiger partial charge in [-0.1, -0.05) is 6.07 Å². The molecular weight excluding hydrogens is 214 g/mol. The molecular formula is C14H21NO2. The first-order valence-corrected chi connectivity index (χ1v) is 6.22. The van der Waals surface area contributed by atoms with Crippen molar-refractivity contribution in [2.24, 2.45) is 5.73 Å². The third-order valence-corrected chi connectivity index (χ3v) is 2.87.